The highest BCUT2D eigenvalue weighted by Crippen LogP contribution is 2.50. The lowest BCUT2D eigenvalue weighted by Gasteiger charge is -2.17. The minimum Gasteiger partial charge on any atom is -0.392 e. The minimum absolute atomic E-state index is 0.217. The summed E-state index contributed by atoms with van der Waals surface area (Å²) in [6, 6.07) is 0. The zero-order valence-corrected chi connectivity index (χ0v) is 17.2. The molecule has 2 N–H and O–H groups in total. The minimum atomic E-state index is -0.346. The number of allylic oxidation sites excluding steroid dienone is 2. The van der Waals surface area contributed by atoms with E-state index in [-0.39, 0.29) is 18.1 Å². The molecule has 0 amide bonds. The first-order valence-corrected chi connectivity index (χ1v) is 10.9. The first kappa shape index (κ1) is 21.7. The average Bonchev–Trinajstić information content (AvgIpc) is 3.09. The summed E-state index contributed by atoms with van der Waals surface area (Å²) in [6.45, 7) is 3.36. The molecule has 0 aromatic heterocycles. The van der Waals surface area contributed by atoms with E-state index in [0.29, 0.717) is 11.8 Å². The van der Waals surface area contributed by atoms with Gasteiger partial charge < -0.3 is 15.1 Å². The first-order valence-electron chi connectivity index (χ1n) is 10.9. The van der Waals surface area contributed by atoms with E-state index in [1.165, 1.54) is 45.1 Å². The Labute approximate surface area is 161 Å². The number of unbranched alkanes of at least 4 members (excludes halogenated alkanes) is 4. The highest BCUT2D eigenvalue weighted by molar-refractivity contribution is 5.17. The highest BCUT2D eigenvalue weighted by atomic mass is 16.3. The van der Waals surface area contributed by atoms with Gasteiger partial charge in [-0.05, 0) is 77.4 Å². The standard InChI is InChI=1S/C23H41NO2/c1-4-5-7-11-20(25)12-13-21-22-16-18(15-19(22)17-23(21)26)10-8-6-9-14-24(2)3/h10,12-13,19-23,25-26H,4-9,11,14-17H2,1-3H3/b13-12+,18-10-. The first-order chi connectivity index (χ1) is 12.5. The summed E-state index contributed by atoms with van der Waals surface area (Å²) in [5.41, 5.74) is 1.61. The molecule has 0 saturated heterocycles. The molecule has 2 fully saturated rings. The van der Waals surface area contributed by atoms with E-state index >= 15 is 0 Å². The number of hydrogen-bond donors (Lipinski definition) is 2. The molecule has 2 aliphatic carbocycles. The lowest BCUT2D eigenvalue weighted by Crippen LogP contribution is -2.17. The van der Waals surface area contributed by atoms with Gasteiger partial charge in [-0.3, -0.25) is 0 Å². The van der Waals surface area contributed by atoms with Crippen molar-refractivity contribution in [2.45, 2.75) is 83.3 Å². The van der Waals surface area contributed by atoms with Crippen molar-refractivity contribution >= 4 is 0 Å². The van der Waals surface area contributed by atoms with E-state index in [1.54, 1.807) is 5.57 Å². The van der Waals surface area contributed by atoms with Crippen LogP contribution in [0, 0.1) is 17.8 Å². The molecule has 3 nitrogen and oxygen atoms in total. The molecule has 3 heteroatoms. The highest BCUT2D eigenvalue weighted by Gasteiger charge is 2.44. The van der Waals surface area contributed by atoms with Crippen molar-refractivity contribution in [1.82, 2.24) is 4.90 Å². The fraction of sp³-hybridized carbons (Fsp3) is 0.826. The SMILES string of the molecule is CCCCCC(O)/C=C/C1C(O)CC2C/C(=C/CCCCN(C)C)CC21. The quantitative estimate of drug-likeness (QED) is 0.418. The van der Waals surface area contributed by atoms with E-state index < -0.39 is 0 Å². The molecule has 0 spiro atoms. The second-order valence-electron chi connectivity index (χ2n) is 8.82. The second-order valence-corrected chi connectivity index (χ2v) is 8.82. The van der Waals surface area contributed by atoms with E-state index in [1.807, 2.05) is 6.08 Å². The molecule has 5 atom stereocenters. The van der Waals surface area contributed by atoms with Gasteiger partial charge in [-0.15, -0.1) is 0 Å². The topological polar surface area (TPSA) is 43.7 Å². The van der Waals surface area contributed by atoms with Crippen molar-refractivity contribution in [3.8, 4) is 0 Å². The van der Waals surface area contributed by atoms with Crippen LogP contribution in [0.3, 0.4) is 0 Å². The third-order valence-electron chi connectivity index (χ3n) is 6.26. The Kier molecular flexibility index (Phi) is 9.38. The van der Waals surface area contributed by atoms with E-state index in [2.05, 4.69) is 38.1 Å². The van der Waals surface area contributed by atoms with Gasteiger partial charge in [0.2, 0.25) is 0 Å². The molecule has 2 aliphatic rings. The lowest BCUT2D eigenvalue weighted by molar-refractivity contribution is 0.139. The number of hydrogen-bond acceptors (Lipinski definition) is 3. The van der Waals surface area contributed by atoms with Gasteiger partial charge in [-0.25, -0.2) is 0 Å². The summed E-state index contributed by atoms with van der Waals surface area (Å²) in [4.78, 5) is 2.25. The molecular weight excluding hydrogens is 322 g/mol. The van der Waals surface area contributed by atoms with Crippen molar-refractivity contribution in [2.75, 3.05) is 20.6 Å². The van der Waals surface area contributed by atoms with Crippen molar-refractivity contribution in [1.29, 1.82) is 0 Å². The summed E-state index contributed by atoms with van der Waals surface area (Å²) in [7, 11) is 4.27. The van der Waals surface area contributed by atoms with Crippen LogP contribution in [0.15, 0.2) is 23.8 Å². The fourth-order valence-electron chi connectivity index (χ4n) is 4.77. The van der Waals surface area contributed by atoms with Gasteiger partial charge in [-0.2, -0.15) is 0 Å². The molecule has 0 bridgehead atoms. The number of fused-ring (bicyclic) bond motifs is 1. The molecule has 0 aromatic rings. The largest absolute Gasteiger partial charge is 0.392 e. The van der Waals surface area contributed by atoms with Gasteiger partial charge in [-0.1, -0.05) is 50.0 Å². The summed E-state index contributed by atoms with van der Waals surface area (Å²) >= 11 is 0. The smallest absolute Gasteiger partial charge is 0.0721 e. The Balaban J connectivity index is 1.78. The van der Waals surface area contributed by atoms with Crippen molar-refractivity contribution in [3.05, 3.63) is 23.8 Å². The Bertz CT molecular complexity index is 457. The molecule has 2 saturated carbocycles. The van der Waals surface area contributed by atoms with Crippen LogP contribution in [-0.4, -0.2) is 48.0 Å². The van der Waals surface area contributed by atoms with E-state index in [0.717, 1.165) is 25.7 Å². The fourth-order valence-corrected chi connectivity index (χ4v) is 4.77. The van der Waals surface area contributed by atoms with Crippen LogP contribution in [0.25, 0.3) is 0 Å². The Morgan fingerprint density at radius 1 is 1.15 bits per heavy atom. The predicted octanol–water partition coefficient (Wildman–Crippen LogP) is 4.55. The molecule has 2 rings (SSSR count). The van der Waals surface area contributed by atoms with Crippen molar-refractivity contribution < 1.29 is 10.2 Å². The maximum absolute atomic E-state index is 10.4. The Hall–Kier alpha value is -0.640. The number of rotatable bonds is 11. The molecule has 0 aromatic carbocycles. The third-order valence-corrected chi connectivity index (χ3v) is 6.26. The summed E-state index contributed by atoms with van der Waals surface area (Å²) in [5.74, 6) is 1.46. The van der Waals surface area contributed by atoms with Gasteiger partial charge >= 0.3 is 0 Å². The van der Waals surface area contributed by atoms with Crippen LogP contribution in [0.1, 0.15) is 71.1 Å². The maximum atomic E-state index is 10.4. The van der Waals surface area contributed by atoms with Crippen LogP contribution in [0.5, 0.6) is 0 Å². The van der Waals surface area contributed by atoms with Gasteiger partial charge in [0.1, 0.15) is 0 Å². The Morgan fingerprint density at radius 2 is 1.96 bits per heavy atom. The molecule has 26 heavy (non-hydrogen) atoms. The maximum Gasteiger partial charge on any atom is 0.0721 e. The van der Waals surface area contributed by atoms with Crippen LogP contribution in [-0.2, 0) is 0 Å². The Morgan fingerprint density at radius 3 is 2.69 bits per heavy atom. The van der Waals surface area contributed by atoms with E-state index in [9.17, 15) is 10.2 Å². The van der Waals surface area contributed by atoms with Crippen LogP contribution < -0.4 is 0 Å². The predicted molar refractivity (Wildman–Crippen MR) is 110 cm³/mol. The normalized spacial score (nSPS) is 31.4. The molecular formula is C23H41NO2. The van der Waals surface area contributed by atoms with Gasteiger partial charge in [0.15, 0.2) is 0 Å². The van der Waals surface area contributed by atoms with Crippen molar-refractivity contribution in [3.63, 3.8) is 0 Å². The van der Waals surface area contributed by atoms with Gasteiger partial charge in [0, 0.05) is 5.92 Å². The average molecular weight is 364 g/mol. The molecule has 0 heterocycles. The zero-order chi connectivity index (χ0) is 18.9. The zero-order valence-electron chi connectivity index (χ0n) is 17.2. The summed E-state index contributed by atoms with van der Waals surface area (Å²) in [5, 5.41) is 20.6. The summed E-state index contributed by atoms with van der Waals surface area (Å²) < 4.78 is 0. The molecule has 150 valence electrons. The number of nitrogens with zero attached hydrogens (tertiary/aromatic N) is 1. The van der Waals surface area contributed by atoms with Crippen molar-refractivity contribution in [2.24, 2.45) is 17.8 Å². The molecule has 0 aliphatic heterocycles. The van der Waals surface area contributed by atoms with Crippen LogP contribution >= 0.6 is 0 Å². The third kappa shape index (κ3) is 6.83. The number of aliphatic hydroxyl groups is 2. The molecule has 0 radical (unpaired) electrons. The lowest BCUT2D eigenvalue weighted by atomic mass is 9.90. The van der Waals surface area contributed by atoms with Gasteiger partial charge in [0.25, 0.3) is 0 Å². The van der Waals surface area contributed by atoms with E-state index in [4.69, 9.17) is 0 Å². The summed E-state index contributed by atoms with van der Waals surface area (Å²) in [6.07, 6.45) is 17.3. The molecule has 5 unspecified atom stereocenters. The number of aliphatic hydroxyl groups excluding tert-OH is 2. The second kappa shape index (κ2) is 11.3. The van der Waals surface area contributed by atoms with Crippen LogP contribution in [0.2, 0.25) is 0 Å². The van der Waals surface area contributed by atoms with Gasteiger partial charge in [0.05, 0.1) is 12.2 Å². The van der Waals surface area contributed by atoms with Crippen LogP contribution in [0.4, 0.5) is 0 Å². The monoisotopic (exact) mass is 363 g/mol.